The van der Waals surface area contributed by atoms with Crippen LogP contribution >= 0.6 is 0 Å². The van der Waals surface area contributed by atoms with Crippen LogP contribution in [0.15, 0.2) is 30.7 Å². The molecule has 0 aliphatic rings. The maximum Gasteiger partial charge on any atom is 0.223 e. The molecule has 0 unspecified atom stereocenters. The lowest BCUT2D eigenvalue weighted by atomic mass is 10.3. The Morgan fingerprint density at radius 3 is 3.07 bits per heavy atom. The summed E-state index contributed by atoms with van der Waals surface area (Å²) in [4.78, 5) is 4.11. The molecule has 0 aliphatic carbocycles. The summed E-state index contributed by atoms with van der Waals surface area (Å²) >= 11 is 0. The Hall–Kier alpha value is -1.88. The molecule has 0 aliphatic heterocycles. The monoisotopic (exact) mass is 204 g/mol. The van der Waals surface area contributed by atoms with Gasteiger partial charge in [-0.3, -0.25) is 4.68 Å². The fraction of sp³-hybridized carbons (Fsp3) is 0.200. The summed E-state index contributed by atoms with van der Waals surface area (Å²) in [5, 5.41) is 4.00. The van der Waals surface area contributed by atoms with Crippen LogP contribution < -0.4 is 10.5 Å². The first-order valence-corrected chi connectivity index (χ1v) is 4.60. The summed E-state index contributed by atoms with van der Waals surface area (Å²) in [6, 6.07) is 3.72. The van der Waals surface area contributed by atoms with E-state index in [-0.39, 0.29) is 0 Å². The molecule has 0 spiro atoms. The molecule has 0 aromatic carbocycles. The number of hydrogen-bond donors (Lipinski definition) is 1. The van der Waals surface area contributed by atoms with Gasteiger partial charge in [0.2, 0.25) is 5.88 Å². The van der Waals surface area contributed by atoms with Crippen LogP contribution in [0.4, 0.5) is 0 Å². The van der Waals surface area contributed by atoms with Crippen molar-refractivity contribution in [3.05, 3.63) is 36.3 Å². The van der Waals surface area contributed by atoms with Crippen molar-refractivity contribution in [2.75, 3.05) is 0 Å². The number of aryl methyl sites for hydroxylation is 1. The Labute approximate surface area is 87.5 Å². The van der Waals surface area contributed by atoms with Crippen LogP contribution in [-0.2, 0) is 13.6 Å². The summed E-state index contributed by atoms with van der Waals surface area (Å²) in [6.45, 7) is 0.406. The summed E-state index contributed by atoms with van der Waals surface area (Å²) in [5.74, 6) is 1.19. The average molecular weight is 204 g/mol. The molecular formula is C10H12N4O. The zero-order valence-electron chi connectivity index (χ0n) is 8.42. The lowest BCUT2D eigenvalue weighted by molar-refractivity contribution is 0.456. The molecule has 5 heteroatoms. The van der Waals surface area contributed by atoms with Gasteiger partial charge in [-0.25, -0.2) is 4.98 Å². The van der Waals surface area contributed by atoms with Crippen molar-refractivity contribution in [3.8, 4) is 11.6 Å². The minimum absolute atomic E-state index is 0.406. The summed E-state index contributed by atoms with van der Waals surface area (Å²) < 4.78 is 7.21. The fourth-order valence-corrected chi connectivity index (χ4v) is 1.23. The predicted octanol–water partition coefficient (Wildman–Crippen LogP) is 1.07. The highest BCUT2D eigenvalue weighted by Gasteiger charge is 2.05. The van der Waals surface area contributed by atoms with Gasteiger partial charge in [0.15, 0.2) is 5.75 Å². The lowest BCUT2D eigenvalue weighted by Crippen LogP contribution is -2.00. The van der Waals surface area contributed by atoms with Gasteiger partial charge in [0.25, 0.3) is 0 Å². The zero-order valence-corrected chi connectivity index (χ0v) is 8.42. The second-order valence-corrected chi connectivity index (χ2v) is 3.12. The number of ether oxygens (including phenoxy) is 1. The maximum atomic E-state index is 5.57. The highest BCUT2D eigenvalue weighted by Crippen LogP contribution is 2.21. The molecule has 78 valence electrons. The van der Waals surface area contributed by atoms with Crippen molar-refractivity contribution < 1.29 is 4.74 Å². The molecular weight excluding hydrogens is 192 g/mol. The van der Waals surface area contributed by atoms with Gasteiger partial charge in [0.05, 0.1) is 12.4 Å². The normalized spacial score (nSPS) is 10.3. The van der Waals surface area contributed by atoms with Crippen molar-refractivity contribution in [1.29, 1.82) is 0 Å². The Morgan fingerprint density at radius 2 is 2.40 bits per heavy atom. The largest absolute Gasteiger partial charge is 0.435 e. The van der Waals surface area contributed by atoms with Gasteiger partial charge in [0.1, 0.15) is 0 Å². The van der Waals surface area contributed by atoms with Gasteiger partial charge in [-0.2, -0.15) is 5.10 Å². The first kappa shape index (κ1) is 9.67. The second-order valence-electron chi connectivity index (χ2n) is 3.12. The van der Waals surface area contributed by atoms with Gasteiger partial charge in [0, 0.05) is 25.4 Å². The summed E-state index contributed by atoms with van der Waals surface area (Å²) in [7, 11) is 1.83. The molecule has 2 heterocycles. The molecule has 0 amide bonds. The second kappa shape index (κ2) is 4.10. The molecule has 2 rings (SSSR count). The van der Waals surface area contributed by atoms with E-state index in [4.69, 9.17) is 10.5 Å². The van der Waals surface area contributed by atoms with Crippen LogP contribution in [0.2, 0.25) is 0 Å². The van der Waals surface area contributed by atoms with Crippen LogP contribution in [0.25, 0.3) is 0 Å². The Balaban J connectivity index is 2.23. The highest BCUT2D eigenvalue weighted by atomic mass is 16.5. The quantitative estimate of drug-likeness (QED) is 0.812. The van der Waals surface area contributed by atoms with E-state index in [9.17, 15) is 0 Å². The lowest BCUT2D eigenvalue weighted by Gasteiger charge is -2.05. The Bertz CT molecular complexity index is 452. The van der Waals surface area contributed by atoms with Crippen molar-refractivity contribution in [2.24, 2.45) is 12.8 Å². The number of nitrogens with zero attached hydrogens (tertiary/aromatic N) is 3. The third-order valence-corrected chi connectivity index (χ3v) is 1.97. The SMILES string of the molecule is Cn1cc(Oc2ncccc2CN)cn1. The third kappa shape index (κ3) is 2.13. The molecule has 0 atom stereocenters. The van der Waals surface area contributed by atoms with E-state index in [0.717, 1.165) is 5.56 Å². The number of hydrogen-bond acceptors (Lipinski definition) is 4. The van der Waals surface area contributed by atoms with Crippen LogP contribution in [-0.4, -0.2) is 14.8 Å². The predicted molar refractivity (Wildman–Crippen MR) is 55.4 cm³/mol. The van der Waals surface area contributed by atoms with Crippen molar-refractivity contribution >= 4 is 0 Å². The molecule has 0 fully saturated rings. The molecule has 0 saturated carbocycles. The molecule has 2 aromatic heterocycles. The maximum absolute atomic E-state index is 5.57. The van der Waals surface area contributed by atoms with Gasteiger partial charge in [-0.15, -0.1) is 0 Å². The summed E-state index contributed by atoms with van der Waals surface area (Å²) in [6.07, 6.45) is 5.08. The fourth-order valence-electron chi connectivity index (χ4n) is 1.23. The Morgan fingerprint density at radius 1 is 1.53 bits per heavy atom. The minimum atomic E-state index is 0.406. The highest BCUT2D eigenvalue weighted by molar-refractivity contribution is 5.29. The number of pyridine rings is 1. The van der Waals surface area contributed by atoms with Crippen LogP contribution in [0.5, 0.6) is 11.6 Å². The van der Waals surface area contributed by atoms with Crippen LogP contribution in [0.3, 0.4) is 0 Å². The van der Waals surface area contributed by atoms with Gasteiger partial charge in [-0.05, 0) is 6.07 Å². The molecule has 0 radical (unpaired) electrons. The third-order valence-electron chi connectivity index (χ3n) is 1.97. The molecule has 2 aromatic rings. The van der Waals surface area contributed by atoms with Crippen molar-refractivity contribution in [2.45, 2.75) is 6.54 Å². The van der Waals surface area contributed by atoms with E-state index in [1.165, 1.54) is 0 Å². The summed E-state index contributed by atoms with van der Waals surface area (Å²) in [5.41, 5.74) is 6.44. The van der Waals surface area contributed by atoms with Crippen molar-refractivity contribution in [3.63, 3.8) is 0 Å². The van der Waals surface area contributed by atoms with E-state index in [2.05, 4.69) is 10.1 Å². The number of aromatic nitrogens is 3. The molecule has 5 nitrogen and oxygen atoms in total. The standard InChI is InChI=1S/C10H12N4O/c1-14-7-9(6-13-14)15-10-8(5-11)3-2-4-12-10/h2-4,6-7H,5,11H2,1H3. The van der Waals surface area contributed by atoms with E-state index < -0.39 is 0 Å². The van der Waals surface area contributed by atoms with Crippen LogP contribution in [0, 0.1) is 0 Å². The smallest absolute Gasteiger partial charge is 0.223 e. The van der Waals surface area contributed by atoms with E-state index in [1.807, 2.05) is 19.2 Å². The number of rotatable bonds is 3. The molecule has 2 N–H and O–H groups in total. The van der Waals surface area contributed by atoms with Gasteiger partial charge >= 0.3 is 0 Å². The van der Waals surface area contributed by atoms with E-state index >= 15 is 0 Å². The molecule has 15 heavy (non-hydrogen) atoms. The molecule has 0 saturated heterocycles. The van der Waals surface area contributed by atoms with Gasteiger partial charge < -0.3 is 10.5 Å². The number of nitrogens with two attached hydrogens (primary N) is 1. The average Bonchev–Trinajstić information content (AvgIpc) is 2.65. The first-order chi connectivity index (χ1) is 7.29. The molecule has 0 bridgehead atoms. The first-order valence-electron chi connectivity index (χ1n) is 4.60. The van der Waals surface area contributed by atoms with E-state index in [1.54, 1.807) is 23.3 Å². The van der Waals surface area contributed by atoms with Crippen LogP contribution in [0.1, 0.15) is 5.56 Å². The van der Waals surface area contributed by atoms with Crippen molar-refractivity contribution in [1.82, 2.24) is 14.8 Å². The van der Waals surface area contributed by atoms with Gasteiger partial charge in [-0.1, -0.05) is 6.07 Å². The Kier molecular flexibility index (Phi) is 2.64. The minimum Gasteiger partial charge on any atom is -0.435 e. The topological polar surface area (TPSA) is 66.0 Å². The van der Waals surface area contributed by atoms with E-state index in [0.29, 0.717) is 18.2 Å². The zero-order chi connectivity index (χ0) is 10.7.